The molecule has 0 spiro atoms. The highest BCUT2D eigenvalue weighted by molar-refractivity contribution is 9.10. The Bertz CT molecular complexity index is 511. The van der Waals surface area contributed by atoms with Crippen molar-refractivity contribution >= 4 is 31.8 Å². The molecule has 0 unspecified atom stereocenters. The minimum absolute atomic E-state index is 0.0802. The molecule has 0 saturated heterocycles. The average Bonchev–Trinajstić information content (AvgIpc) is 2.14. The summed E-state index contributed by atoms with van der Waals surface area (Å²) in [5.41, 5.74) is 0.493. The molecule has 4 nitrogen and oxygen atoms in total. The van der Waals surface area contributed by atoms with Crippen molar-refractivity contribution in [1.82, 2.24) is 0 Å². The summed E-state index contributed by atoms with van der Waals surface area (Å²) in [5, 5.41) is 0. The van der Waals surface area contributed by atoms with Crippen LogP contribution in [0.4, 0.5) is 0 Å². The van der Waals surface area contributed by atoms with Crippen LogP contribution in [-0.2, 0) is 10.1 Å². The van der Waals surface area contributed by atoms with E-state index in [0.29, 0.717) is 5.56 Å². The Kier molecular flexibility index (Phi) is 3.99. The van der Waals surface area contributed by atoms with E-state index in [0.717, 1.165) is 6.26 Å². The van der Waals surface area contributed by atoms with Gasteiger partial charge in [-0.2, -0.15) is 8.42 Å². The molecule has 1 rings (SSSR count). The number of carbonyl (C=O) groups is 1. The minimum Gasteiger partial charge on any atom is -0.383 e. The van der Waals surface area contributed by atoms with Gasteiger partial charge in [0.25, 0.3) is 0 Å². The van der Waals surface area contributed by atoms with Gasteiger partial charge in [0, 0.05) is 5.56 Å². The smallest absolute Gasteiger partial charge is 0.306 e. The van der Waals surface area contributed by atoms with Crippen LogP contribution in [0.25, 0.3) is 0 Å². The third-order valence-electron chi connectivity index (χ3n) is 1.90. The second kappa shape index (κ2) is 4.78. The number of hydrogen-bond acceptors (Lipinski definition) is 4. The van der Waals surface area contributed by atoms with Gasteiger partial charge in [0.05, 0.1) is 10.6 Å². The first kappa shape index (κ1) is 14.2. The van der Waals surface area contributed by atoms with E-state index in [1.165, 1.54) is 24.3 Å². The largest absolute Gasteiger partial charge is 0.383 e. The molecule has 0 amide bonds. The van der Waals surface area contributed by atoms with Crippen LogP contribution in [0.3, 0.4) is 0 Å². The van der Waals surface area contributed by atoms with Gasteiger partial charge < -0.3 is 4.18 Å². The molecule has 0 aromatic heterocycles. The molecule has 0 bridgehead atoms. The van der Waals surface area contributed by atoms with Crippen molar-refractivity contribution in [3.8, 4) is 5.75 Å². The van der Waals surface area contributed by atoms with Gasteiger partial charge in [0.15, 0.2) is 5.78 Å². The van der Waals surface area contributed by atoms with Gasteiger partial charge in [-0.3, -0.25) is 4.79 Å². The Morgan fingerprint density at radius 3 is 2.06 bits per heavy atom. The van der Waals surface area contributed by atoms with Gasteiger partial charge in [-0.15, -0.1) is 0 Å². The van der Waals surface area contributed by atoms with E-state index in [9.17, 15) is 13.2 Å². The average molecular weight is 321 g/mol. The molecule has 0 saturated carbocycles. The molecular weight excluding hydrogens is 308 g/mol. The van der Waals surface area contributed by atoms with Gasteiger partial charge in [-0.05, 0) is 38.1 Å². The number of ketones is 1. The van der Waals surface area contributed by atoms with Crippen molar-refractivity contribution in [2.24, 2.45) is 0 Å². The van der Waals surface area contributed by atoms with Crippen molar-refractivity contribution < 1.29 is 17.4 Å². The van der Waals surface area contributed by atoms with Crippen LogP contribution in [0.1, 0.15) is 24.2 Å². The molecule has 0 N–H and O–H groups in total. The van der Waals surface area contributed by atoms with Crippen LogP contribution < -0.4 is 4.18 Å². The Balaban J connectivity index is 2.93. The van der Waals surface area contributed by atoms with E-state index in [1.807, 2.05) is 0 Å². The SMILES string of the molecule is CC(C)(Br)C(=O)c1ccc(OS(C)(=O)=O)cc1. The maximum atomic E-state index is 11.9. The summed E-state index contributed by atoms with van der Waals surface area (Å²) >= 11 is 3.27. The Hall–Kier alpha value is -0.880. The summed E-state index contributed by atoms with van der Waals surface area (Å²) in [6.07, 6.45) is 0.966. The number of benzene rings is 1. The highest BCUT2D eigenvalue weighted by Gasteiger charge is 2.24. The van der Waals surface area contributed by atoms with Crippen molar-refractivity contribution in [3.63, 3.8) is 0 Å². The van der Waals surface area contributed by atoms with Crippen LogP contribution in [0.5, 0.6) is 5.75 Å². The maximum absolute atomic E-state index is 11.9. The predicted molar refractivity (Wildman–Crippen MR) is 69.3 cm³/mol. The number of rotatable bonds is 4. The van der Waals surface area contributed by atoms with Crippen LogP contribution in [0.2, 0.25) is 0 Å². The summed E-state index contributed by atoms with van der Waals surface area (Å²) in [7, 11) is -3.53. The summed E-state index contributed by atoms with van der Waals surface area (Å²) in [6.45, 7) is 3.49. The van der Waals surface area contributed by atoms with Crippen molar-refractivity contribution in [2.75, 3.05) is 6.26 Å². The van der Waals surface area contributed by atoms with Gasteiger partial charge in [0.1, 0.15) is 5.75 Å². The van der Waals surface area contributed by atoms with Crippen LogP contribution in [-0.4, -0.2) is 24.8 Å². The molecule has 0 fully saturated rings. The lowest BCUT2D eigenvalue weighted by molar-refractivity contribution is 0.0961. The zero-order chi connectivity index (χ0) is 13.3. The lowest BCUT2D eigenvalue weighted by Crippen LogP contribution is -2.23. The van der Waals surface area contributed by atoms with E-state index in [-0.39, 0.29) is 11.5 Å². The van der Waals surface area contributed by atoms with E-state index < -0.39 is 14.4 Å². The molecule has 6 heteroatoms. The first-order valence-corrected chi connectivity index (χ1v) is 7.44. The molecular formula is C11H13BrO4S. The normalized spacial score (nSPS) is 12.2. The fraction of sp³-hybridized carbons (Fsp3) is 0.364. The molecule has 0 heterocycles. The molecule has 0 aliphatic rings. The highest BCUT2D eigenvalue weighted by Crippen LogP contribution is 2.23. The fourth-order valence-corrected chi connectivity index (χ4v) is 1.87. The number of Topliss-reactive ketones (excluding diaryl/α,β-unsaturated/α-hetero) is 1. The fourth-order valence-electron chi connectivity index (χ4n) is 1.18. The number of alkyl halides is 1. The molecule has 17 heavy (non-hydrogen) atoms. The van der Waals surface area contributed by atoms with E-state index >= 15 is 0 Å². The lowest BCUT2D eigenvalue weighted by atomic mass is 10.0. The third-order valence-corrected chi connectivity index (χ3v) is 2.76. The highest BCUT2D eigenvalue weighted by atomic mass is 79.9. The summed E-state index contributed by atoms with van der Waals surface area (Å²) in [4.78, 5) is 11.9. The van der Waals surface area contributed by atoms with Crippen molar-refractivity contribution in [2.45, 2.75) is 18.2 Å². The molecule has 0 atom stereocenters. The van der Waals surface area contributed by atoms with Gasteiger partial charge in [-0.25, -0.2) is 0 Å². The number of carbonyl (C=O) groups excluding carboxylic acids is 1. The molecule has 0 aliphatic carbocycles. The van der Waals surface area contributed by atoms with Crippen molar-refractivity contribution in [1.29, 1.82) is 0 Å². The topological polar surface area (TPSA) is 60.4 Å². The standard InChI is InChI=1S/C11H13BrO4S/c1-11(2,12)10(13)8-4-6-9(7-5-8)16-17(3,14)15/h4-7H,1-3H3. The van der Waals surface area contributed by atoms with E-state index in [2.05, 4.69) is 20.1 Å². The zero-order valence-electron chi connectivity index (χ0n) is 9.73. The molecule has 1 aromatic carbocycles. The van der Waals surface area contributed by atoms with Gasteiger partial charge >= 0.3 is 10.1 Å². The Morgan fingerprint density at radius 2 is 1.71 bits per heavy atom. The zero-order valence-corrected chi connectivity index (χ0v) is 12.1. The predicted octanol–water partition coefficient (Wildman–Crippen LogP) is 2.38. The second-order valence-corrected chi connectivity index (χ2v) is 7.67. The van der Waals surface area contributed by atoms with Gasteiger partial charge in [0.2, 0.25) is 0 Å². The monoisotopic (exact) mass is 320 g/mol. The Morgan fingerprint density at radius 1 is 1.24 bits per heavy atom. The number of halogens is 1. The first-order valence-electron chi connectivity index (χ1n) is 4.83. The second-order valence-electron chi connectivity index (χ2n) is 4.11. The Labute approximate surface area is 109 Å². The molecule has 0 radical (unpaired) electrons. The third kappa shape index (κ3) is 4.47. The molecule has 94 valence electrons. The summed E-state index contributed by atoms with van der Waals surface area (Å²) < 4.78 is 25.8. The first-order chi connectivity index (χ1) is 7.59. The number of hydrogen-bond donors (Lipinski definition) is 0. The molecule has 1 aromatic rings. The van der Waals surface area contributed by atoms with Crippen LogP contribution >= 0.6 is 15.9 Å². The maximum Gasteiger partial charge on any atom is 0.306 e. The summed E-state index contributed by atoms with van der Waals surface area (Å²) in [5.74, 6) is 0.111. The van der Waals surface area contributed by atoms with Crippen molar-refractivity contribution in [3.05, 3.63) is 29.8 Å². The quantitative estimate of drug-likeness (QED) is 0.485. The lowest BCUT2D eigenvalue weighted by Gasteiger charge is -2.14. The van der Waals surface area contributed by atoms with E-state index in [4.69, 9.17) is 0 Å². The van der Waals surface area contributed by atoms with E-state index in [1.54, 1.807) is 13.8 Å². The van der Waals surface area contributed by atoms with Gasteiger partial charge in [-0.1, -0.05) is 15.9 Å². The van der Waals surface area contributed by atoms with Crippen LogP contribution in [0.15, 0.2) is 24.3 Å². The summed E-state index contributed by atoms with van der Waals surface area (Å²) in [6, 6.07) is 5.97. The molecule has 0 aliphatic heterocycles. The van der Waals surface area contributed by atoms with Crippen LogP contribution in [0, 0.1) is 0 Å². The minimum atomic E-state index is -3.53.